The van der Waals surface area contributed by atoms with Crippen molar-refractivity contribution in [1.29, 1.82) is 0 Å². The third kappa shape index (κ3) is 3.55. The Morgan fingerprint density at radius 3 is 2.81 bits per heavy atom. The van der Waals surface area contributed by atoms with Gasteiger partial charge >= 0.3 is 0 Å². The van der Waals surface area contributed by atoms with Crippen LogP contribution in [0.15, 0.2) is 29.2 Å². The lowest BCUT2D eigenvalue weighted by Gasteiger charge is -2.33. The average Bonchev–Trinajstić information content (AvgIpc) is 2.96. The number of thioether (sulfide) groups is 1. The van der Waals surface area contributed by atoms with Gasteiger partial charge in [-0.25, -0.2) is 0 Å². The molecule has 3 nitrogen and oxygen atoms in total. The van der Waals surface area contributed by atoms with Gasteiger partial charge in [0.25, 0.3) is 0 Å². The smallest absolute Gasteiger partial charge is 0.236 e. The quantitative estimate of drug-likeness (QED) is 0.797. The topological polar surface area (TPSA) is 29.5 Å². The first kappa shape index (κ1) is 15.2. The number of halogens is 1. The lowest BCUT2D eigenvalue weighted by molar-refractivity contribution is -0.133. The van der Waals surface area contributed by atoms with Crippen molar-refractivity contribution in [1.82, 2.24) is 4.90 Å². The Morgan fingerprint density at radius 2 is 2.10 bits per heavy atom. The van der Waals surface area contributed by atoms with Crippen LogP contribution in [0.1, 0.15) is 18.4 Å². The maximum absolute atomic E-state index is 12.6. The van der Waals surface area contributed by atoms with Gasteiger partial charge in [-0.05, 0) is 30.9 Å². The van der Waals surface area contributed by atoms with Gasteiger partial charge in [-0.3, -0.25) is 4.79 Å². The molecule has 1 aromatic carbocycles. The minimum absolute atomic E-state index is 0.0581. The molecule has 0 N–H and O–H groups in total. The zero-order chi connectivity index (χ0) is 14.7. The molecule has 0 aliphatic carbocycles. The molecule has 5 heteroatoms. The summed E-state index contributed by atoms with van der Waals surface area (Å²) in [6.07, 6.45) is 2.98. The van der Waals surface area contributed by atoms with Gasteiger partial charge in [0.1, 0.15) is 0 Å². The molecule has 0 spiro atoms. The summed E-state index contributed by atoms with van der Waals surface area (Å²) >= 11 is 7.35. The standard InChI is InChI=1S/C16H20ClNO2S/c17-7-10-20-13-5-8-18(9-6-13)16(19)15-11-12-3-1-2-4-14(12)21-15/h1-4,13,15H,5-11H2. The molecule has 1 saturated heterocycles. The molecule has 1 atom stereocenters. The highest BCUT2D eigenvalue weighted by molar-refractivity contribution is 8.01. The number of alkyl halides is 1. The van der Waals surface area contributed by atoms with Crippen molar-refractivity contribution in [3.63, 3.8) is 0 Å². The average molecular weight is 326 g/mol. The van der Waals surface area contributed by atoms with E-state index in [2.05, 4.69) is 12.1 Å². The number of fused-ring (bicyclic) bond motifs is 1. The van der Waals surface area contributed by atoms with Crippen LogP contribution in [0, 0.1) is 0 Å². The third-order valence-corrected chi connectivity index (χ3v) is 5.57. The molecular formula is C16H20ClNO2S. The highest BCUT2D eigenvalue weighted by atomic mass is 35.5. The SMILES string of the molecule is O=C(C1Cc2ccccc2S1)N1CCC(OCCCl)CC1. The van der Waals surface area contributed by atoms with Crippen molar-refractivity contribution >= 4 is 29.3 Å². The van der Waals surface area contributed by atoms with Gasteiger partial charge in [-0.2, -0.15) is 0 Å². The predicted molar refractivity (Wildman–Crippen MR) is 86.1 cm³/mol. The maximum atomic E-state index is 12.6. The van der Waals surface area contributed by atoms with E-state index in [1.807, 2.05) is 17.0 Å². The summed E-state index contributed by atoms with van der Waals surface area (Å²) in [4.78, 5) is 15.9. The van der Waals surface area contributed by atoms with Gasteiger partial charge in [0.15, 0.2) is 0 Å². The van der Waals surface area contributed by atoms with E-state index in [-0.39, 0.29) is 17.3 Å². The molecule has 2 aliphatic rings. The van der Waals surface area contributed by atoms with Crippen molar-refractivity contribution < 1.29 is 9.53 Å². The summed E-state index contributed by atoms with van der Waals surface area (Å²) in [7, 11) is 0. The molecule has 0 bridgehead atoms. The second-order valence-corrected chi connectivity index (χ2v) is 7.13. The number of likely N-dealkylation sites (tertiary alicyclic amines) is 1. The molecule has 1 aromatic rings. The van der Waals surface area contributed by atoms with Crippen LogP contribution in [-0.4, -0.2) is 47.7 Å². The van der Waals surface area contributed by atoms with Crippen molar-refractivity contribution in [2.75, 3.05) is 25.6 Å². The number of hydrogen-bond donors (Lipinski definition) is 0. The highest BCUT2D eigenvalue weighted by Crippen LogP contribution is 2.37. The molecule has 3 rings (SSSR count). The van der Waals surface area contributed by atoms with Crippen molar-refractivity contribution in [3.05, 3.63) is 29.8 Å². The van der Waals surface area contributed by atoms with Crippen LogP contribution >= 0.6 is 23.4 Å². The number of amides is 1. The van der Waals surface area contributed by atoms with Crippen molar-refractivity contribution in [2.24, 2.45) is 0 Å². The second kappa shape index (κ2) is 7.03. The number of rotatable bonds is 4. The van der Waals surface area contributed by atoms with Gasteiger partial charge in [0.2, 0.25) is 5.91 Å². The van der Waals surface area contributed by atoms with E-state index >= 15 is 0 Å². The highest BCUT2D eigenvalue weighted by Gasteiger charge is 2.33. The third-order valence-electron chi connectivity index (χ3n) is 4.11. The van der Waals surface area contributed by atoms with Crippen molar-refractivity contribution in [2.45, 2.75) is 35.5 Å². The summed E-state index contributed by atoms with van der Waals surface area (Å²) in [5, 5.41) is 0.0581. The zero-order valence-corrected chi connectivity index (χ0v) is 13.5. The monoisotopic (exact) mass is 325 g/mol. The predicted octanol–water partition coefficient (Wildman–Crippen LogP) is 2.95. The largest absolute Gasteiger partial charge is 0.377 e. The Bertz CT molecular complexity index is 478. The van der Waals surface area contributed by atoms with E-state index in [1.165, 1.54) is 10.5 Å². The van der Waals surface area contributed by atoms with Crippen LogP contribution in [0.3, 0.4) is 0 Å². The summed E-state index contributed by atoms with van der Waals surface area (Å²) in [6.45, 7) is 2.21. The van der Waals surface area contributed by atoms with Gasteiger partial charge < -0.3 is 9.64 Å². The van der Waals surface area contributed by atoms with Gasteiger partial charge in [-0.1, -0.05) is 18.2 Å². The maximum Gasteiger partial charge on any atom is 0.236 e. The lowest BCUT2D eigenvalue weighted by atomic mass is 10.1. The van der Waals surface area contributed by atoms with Crippen LogP contribution < -0.4 is 0 Å². The van der Waals surface area contributed by atoms with E-state index in [0.29, 0.717) is 12.5 Å². The Labute approximate surface area is 135 Å². The molecule has 1 unspecified atom stereocenters. The van der Waals surface area contributed by atoms with Crippen LogP contribution in [0.25, 0.3) is 0 Å². The first-order valence-corrected chi connectivity index (χ1v) is 8.90. The summed E-state index contributed by atoms with van der Waals surface area (Å²) in [5.74, 6) is 0.822. The van der Waals surface area contributed by atoms with Crippen molar-refractivity contribution in [3.8, 4) is 0 Å². The number of hydrogen-bond acceptors (Lipinski definition) is 3. The van der Waals surface area contributed by atoms with Gasteiger partial charge in [-0.15, -0.1) is 23.4 Å². The first-order chi connectivity index (χ1) is 10.3. The van der Waals surface area contributed by atoms with Gasteiger partial charge in [0.05, 0.1) is 18.0 Å². The molecule has 2 heterocycles. The number of carbonyl (C=O) groups excluding carboxylic acids is 1. The fraction of sp³-hybridized carbons (Fsp3) is 0.562. The molecule has 0 saturated carbocycles. The van der Waals surface area contributed by atoms with E-state index in [9.17, 15) is 4.79 Å². The van der Waals surface area contributed by atoms with E-state index in [0.717, 1.165) is 32.4 Å². The normalized spacial score (nSPS) is 22.3. The van der Waals surface area contributed by atoms with E-state index in [4.69, 9.17) is 16.3 Å². The minimum Gasteiger partial charge on any atom is -0.377 e. The molecule has 1 fully saturated rings. The Balaban J connectivity index is 1.52. The Kier molecular flexibility index (Phi) is 5.09. The Hall–Kier alpha value is -0.710. The van der Waals surface area contributed by atoms with E-state index in [1.54, 1.807) is 11.8 Å². The molecule has 1 amide bonds. The van der Waals surface area contributed by atoms with Gasteiger partial charge in [0, 0.05) is 23.9 Å². The van der Waals surface area contributed by atoms with Crippen LogP contribution in [0.4, 0.5) is 0 Å². The number of carbonyl (C=O) groups is 1. The molecule has 2 aliphatic heterocycles. The molecular weight excluding hydrogens is 306 g/mol. The number of benzene rings is 1. The molecule has 0 aromatic heterocycles. The summed E-state index contributed by atoms with van der Waals surface area (Å²) < 4.78 is 5.66. The minimum atomic E-state index is 0.0581. The fourth-order valence-electron chi connectivity index (χ4n) is 2.98. The molecule has 0 radical (unpaired) electrons. The number of nitrogens with zero attached hydrogens (tertiary/aromatic N) is 1. The van der Waals surface area contributed by atoms with E-state index < -0.39 is 0 Å². The summed E-state index contributed by atoms with van der Waals surface area (Å²) in [6, 6.07) is 8.33. The summed E-state index contributed by atoms with van der Waals surface area (Å²) in [5.41, 5.74) is 1.31. The second-order valence-electron chi connectivity index (χ2n) is 5.50. The Morgan fingerprint density at radius 1 is 1.33 bits per heavy atom. The van der Waals surface area contributed by atoms with Crippen LogP contribution in [-0.2, 0) is 16.0 Å². The molecule has 21 heavy (non-hydrogen) atoms. The lowest BCUT2D eigenvalue weighted by Crippen LogP contribution is -2.44. The fourth-order valence-corrected chi connectivity index (χ4v) is 4.35. The molecule has 114 valence electrons. The van der Waals surface area contributed by atoms with Crippen LogP contribution in [0.5, 0.6) is 0 Å². The number of ether oxygens (including phenoxy) is 1. The van der Waals surface area contributed by atoms with Crippen LogP contribution in [0.2, 0.25) is 0 Å². The zero-order valence-electron chi connectivity index (χ0n) is 12.0. The number of piperidine rings is 1. The first-order valence-electron chi connectivity index (χ1n) is 7.49.